The van der Waals surface area contributed by atoms with E-state index >= 15 is 0 Å². The van der Waals surface area contributed by atoms with E-state index < -0.39 is 5.60 Å². The third-order valence-corrected chi connectivity index (χ3v) is 1.97. The van der Waals surface area contributed by atoms with Crippen LogP contribution in [0.4, 0.5) is 0 Å². The zero-order chi connectivity index (χ0) is 10.5. The number of nitrogens with one attached hydrogen (secondary N) is 1. The number of carbonyl (C=O) groups is 1. The molecule has 0 bridgehead atoms. The highest BCUT2D eigenvalue weighted by Gasteiger charge is 2.27. The van der Waals surface area contributed by atoms with Crippen molar-refractivity contribution in [3.05, 3.63) is 0 Å². The van der Waals surface area contributed by atoms with Crippen molar-refractivity contribution in [1.29, 1.82) is 0 Å². The molecule has 3 nitrogen and oxygen atoms in total. The van der Waals surface area contributed by atoms with Crippen molar-refractivity contribution in [3.63, 3.8) is 0 Å². The fourth-order valence-corrected chi connectivity index (χ4v) is 0.686. The van der Waals surface area contributed by atoms with Crippen LogP contribution in [-0.2, 0) is 9.53 Å². The standard InChI is InChI=1S/C10H17NO2/c1-6-8(7-2)11-9(12)10(3,4)13-5/h1,8H,7H2,2-5H3,(H,11,12). The van der Waals surface area contributed by atoms with Gasteiger partial charge in [0.15, 0.2) is 0 Å². The maximum absolute atomic E-state index is 11.5. The van der Waals surface area contributed by atoms with Gasteiger partial charge in [-0.1, -0.05) is 12.8 Å². The molecule has 0 aliphatic carbocycles. The second kappa shape index (κ2) is 4.88. The van der Waals surface area contributed by atoms with Crippen molar-refractivity contribution in [1.82, 2.24) is 5.32 Å². The van der Waals surface area contributed by atoms with Crippen molar-refractivity contribution >= 4 is 5.91 Å². The summed E-state index contributed by atoms with van der Waals surface area (Å²) < 4.78 is 5.01. The molecule has 1 N–H and O–H groups in total. The van der Waals surface area contributed by atoms with Crippen molar-refractivity contribution < 1.29 is 9.53 Å². The molecule has 1 unspecified atom stereocenters. The molecule has 1 amide bonds. The van der Waals surface area contributed by atoms with Gasteiger partial charge < -0.3 is 10.1 Å². The third kappa shape index (κ3) is 3.47. The van der Waals surface area contributed by atoms with E-state index in [9.17, 15) is 4.79 Å². The van der Waals surface area contributed by atoms with Gasteiger partial charge in [-0.15, -0.1) is 6.42 Å². The minimum atomic E-state index is -0.815. The molecule has 0 aromatic carbocycles. The number of carbonyl (C=O) groups excluding carboxylic acids is 1. The van der Waals surface area contributed by atoms with Gasteiger partial charge in [0, 0.05) is 7.11 Å². The third-order valence-electron chi connectivity index (χ3n) is 1.97. The Balaban J connectivity index is 4.23. The minimum absolute atomic E-state index is 0.181. The smallest absolute Gasteiger partial charge is 0.252 e. The van der Waals surface area contributed by atoms with Crippen LogP contribution >= 0.6 is 0 Å². The highest BCUT2D eigenvalue weighted by molar-refractivity contribution is 5.84. The van der Waals surface area contributed by atoms with Gasteiger partial charge >= 0.3 is 0 Å². The molecule has 1 atom stereocenters. The fraction of sp³-hybridized carbons (Fsp3) is 0.700. The largest absolute Gasteiger partial charge is 0.369 e. The van der Waals surface area contributed by atoms with Crippen LogP contribution < -0.4 is 5.32 Å². The first-order valence-corrected chi connectivity index (χ1v) is 4.30. The highest BCUT2D eigenvalue weighted by Crippen LogP contribution is 2.07. The molecule has 0 saturated heterocycles. The van der Waals surface area contributed by atoms with Gasteiger partial charge in [-0.25, -0.2) is 0 Å². The summed E-state index contributed by atoms with van der Waals surface area (Å²) in [7, 11) is 1.50. The lowest BCUT2D eigenvalue weighted by Crippen LogP contribution is -2.47. The first-order valence-electron chi connectivity index (χ1n) is 4.30. The molecule has 0 rings (SSSR count). The molecule has 0 aliphatic heterocycles. The van der Waals surface area contributed by atoms with E-state index in [0.717, 1.165) is 6.42 Å². The Morgan fingerprint density at radius 3 is 2.54 bits per heavy atom. The first-order chi connectivity index (χ1) is 5.97. The molecule has 0 fully saturated rings. The fourth-order valence-electron chi connectivity index (χ4n) is 0.686. The summed E-state index contributed by atoms with van der Waals surface area (Å²) in [6.45, 7) is 5.32. The Kier molecular flexibility index (Phi) is 4.50. The Labute approximate surface area is 79.8 Å². The van der Waals surface area contributed by atoms with Crippen LogP contribution in [0.3, 0.4) is 0 Å². The summed E-state index contributed by atoms with van der Waals surface area (Å²) in [5.74, 6) is 2.31. The second-order valence-electron chi connectivity index (χ2n) is 3.32. The SMILES string of the molecule is C#CC(CC)NC(=O)C(C)(C)OC. The van der Waals surface area contributed by atoms with E-state index in [1.807, 2.05) is 6.92 Å². The molecule has 0 heterocycles. The van der Waals surface area contributed by atoms with Crippen LogP contribution in [0.25, 0.3) is 0 Å². The Hall–Kier alpha value is -1.01. The summed E-state index contributed by atoms with van der Waals surface area (Å²) in [4.78, 5) is 11.5. The zero-order valence-electron chi connectivity index (χ0n) is 8.68. The van der Waals surface area contributed by atoms with Gasteiger partial charge in [-0.3, -0.25) is 4.79 Å². The van der Waals surface area contributed by atoms with Crippen LogP contribution in [0.2, 0.25) is 0 Å². The van der Waals surface area contributed by atoms with Gasteiger partial charge in [0.2, 0.25) is 0 Å². The molecule has 13 heavy (non-hydrogen) atoms. The average molecular weight is 183 g/mol. The molecule has 0 radical (unpaired) electrons. The number of hydrogen-bond donors (Lipinski definition) is 1. The number of ether oxygens (including phenoxy) is 1. The zero-order valence-corrected chi connectivity index (χ0v) is 8.68. The van der Waals surface area contributed by atoms with E-state index in [0.29, 0.717) is 0 Å². The number of amides is 1. The monoisotopic (exact) mass is 183 g/mol. The van der Waals surface area contributed by atoms with E-state index in [4.69, 9.17) is 11.2 Å². The first kappa shape index (κ1) is 12.0. The molecule has 0 saturated carbocycles. The lowest BCUT2D eigenvalue weighted by Gasteiger charge is -2.23. The molecule has 3 heteroatoms. The molecule has 0 aromatic rings. The van der Waals surface area contributed by atoms with Crippen LogP contribution in [0.15, 0.2) is 0 Å². The van der Waals surface area contributed by atoms with Gasteiger partial charge in [-0.2, -0.15) is 0 Å². The number of rotatable bonds is 4. The van der Waals surface area contributed by atoms with Crippen LogP contribution in [0.5, 0.6) is 0 Å². The Morgan fingerprint density at radius 1 is 1.69 bits per heavy atom. The van der Waals surface area contributed by atoms with E-state index in [1.165, 1.54) is 7.11 Å². The summed E-state index contributed by atoms with van der Waals surface area (Å²) >= 11 is 0. The van der Waals surface area contributed by atoms with Gasteiger partial charge in [-0.05, 0) is 20.3 Å². The van der Waals surface area contributed by atoms with Crippen molar-refractivity contribution in [3.8, 4) is 12.3 Å². The summed E-state index contributed by atoms with van der Waals surface area (Å²) in [6.07, 6.45) is 5.94. The average Bonchev–Trinajstić information content (AvgIpc) is 2.13. The van der Waals surface area contributed by atoms with E-state index in [1.54, 1.807) is 13.8 Å². The summed E-state index contributed by atoms with van der Waals surface area (Å²) in [5.41, 5.74) is -0.815. The van der Waals surface area contributed by atoms with Crippen molar-refractivity contribution in [2.24, 2.45) is 0 Å². The molecule has 74 valence electrons. The van der Waals surface area contributed by atoms with Gasteiger partial charge in [0.25, 0.3) is 5.91 Å². The molecule has 0 aliphatic rings. The normalized spacial score (nSPS) is 13.2. The van der Waals surface area contributed by atoms with E-state index in [2.05, 4.69) is 11.2 Å². The number of methoxy groups -OCH3 is 1. The van der Waals surface area contributed by atoms with Crippen molar-refractivity contribution in [2.45, 2.75) is 38.8 Å². The summed E-state index contributed by atoms with van der Waals surface area (Å²) in [6, 6.07) is -0.207. The van der Waals surface area contributed by atoms with Crippen LogP contribution in [-0.4, -0.2) is 24.7 Å². The lowest BCUT2D eigenvalue weighted by molar-refractivity contribution is -0.139. The molecule has 0 aromatic heterocycles. The van der Waals surface area contributed by atoms with Crippen LogP contribution in [0, 0.1) is 12.3 Å². The van der Waals surface area contributed by atoms with E-state index in [-0.39, 0.29) is 11.9 Å². The predicted molar refractivity (Wildman–Crippen MR) is 52.1 cm³/mol. The maximum atomic E-state index is 11.5. The Morgan fingerprint density at radius 2 is 2.23 bits per heavy atom. The Bertz CT molecular complexity index is 215. The van der Waals surface area contributed by atoms with Crippen LogP contribution in [0.1, 0.15) is 27.2 Å². The summed E-state index contributed by atoms with van der Waals surface area (Å²) in [5, 5.41) is 2.71. The minimum Gasteiger partial charge on any atom is -0.369 e. The molecular weight excluding hydrogens is 166 g/mol. The number of hydrogen-bond acceptors (Lipinski definition) is 2. The second-order valence-corrected chi connectivity index (χ2v) is 3.32. The molecule has 0 spiro atoms. The predicted octanol–water partition coefficient (Wildman–Crippen LogP) is 0.939. The van der Waals surface area contributed by atoms with Gasteiger partial charge in [0.1, 0.15) is 5.60 Å². The van der Waals surface area contributed by atoms with Gasteiger partial charge in [0.05, 0.1) is 6.04 Å². The van der Waals surface area contributed by atoms with Crippen molar-refractivity contribution in [2.75, 3.05) is 7.11 Å². The topological polar surface area (TPSA) is 38.3 Å². The number of terminal acetylenes is 1. The quantitative estimate of drug-likeness (QED) is 0.659. The highest BCUT2D eigenvalue weighted by atomic mass is 16.5. The maximum Gasteiger partial charge on any atom is 0.252 e. The molecular formula is C10H17NO2. The lowest BCUT2D eigenvalue weighted by atomic mass is 10.1.